The quantitative estimate of drug-likeness (QED) is 0.654. The molecule has 78 valence electrons. The van der Waals surface area contributed by atoms with Gasteiger partial charge in [-0.25, -0.2) is 4.79 Å². The van der Waals surface area contributed by atoms with Crippen LogP contribution in [0.15, 0.2) is 12.1 Å². The van der Waals surface area contributed by atoms with Crippen LogP contribution in [0.3, 0.4) is 0 Å². The zero-order valence-electron chi connectivity index (χ0n) is 8.88. The number of carbonyl (C=O) groups excluding carboxylic acids is 1. The fourth-order valence-electron chi connectivity index (χ4n) is 2.86. The number of hydrogen-bond donors (Lipinski definition) is 0. The fraction of sp³-hybridized carbons (Fsp3) is 0.462. The second-order valence-corrected chi connectivity index (χ2v) is 4.38. The van der Waals surface area contributed by atoms with E-state index >= 15 is 0 Å². The molecule has 1 aromatic carbocycles. The Bertz CT molecular complexity index is 434. The monoisotopic (exact) mass is 202 g/mol. The lowest BCUT2D eigenvalue weighted by molar-refractivity contribution is 0.0535. The van der Waals surface area contributed by atoms with Gasteiger partial charge in [-0.05, 0) is 42.4 Å². The van der Waals surface area contributed by atoms with Crippen LogP contribution in [-0.4, -0.2) is 5.97 Å². The molecular formula is C13H14O2. The predicted molar refractivity (Wildman–Crippen MR) is 56.9 cm³/mol. The van der Waals surface area contributed by atoms with E-state index in [1.807, 2.05) is 6.07 Å². The van der Waals surface area contributed by atoms with Gasteiger partial charge in [-0.1, -0.05) is 13.0 Å². The molecule has 1 atom stereocenters. The van der Waals surface area contributed by atoms with E-state index in [0.717, 1.165) is 17.5 Å². The van der Waals surface area contributed by atoms with Crippen LogP contribution in [0, 0.1) is 0 Å². The molecule has 0 saturated heterocycles. The van der Waals surface area contributed by atoms with Crippen molar-refractivity contribution < 1.29 is 9.53 Å². The molecule has 1 heterocycles. The van der Waals surface area contributed by atoms with Crippen LogP contribution in [0.2, 0.25) is 0 Å². The van der Waals surface area contributed by atoms with Crippen molar-refractivity contribution in [1.82, 2.24) is 0 Å². The molecule has 0 aromatic heterocycles. The van der Waals surface area contributed by atoms with Crippen molar-refractivity contribution >= 4 is 5.97 Å². The SMILES string of the molecule is CCC1CCc2c1ccc1c2COC1=O. The lowest BCUT2D eigenvalue weighted by atomic mass is 9.95. The molecule has 1 aliphatic heterocycles. The smallest absolute Gasteiger partial charge is 0.338 e. The molecule has 2 heteroatoms. The topological polar surface area (TPSA) is 26.3 Å². The highest BCUT2D eigenvalue weighted by molar-refractivity contribution is 5.94. The van der Waals surface area contributed by atoms with Gasteiger partial charge in [0.15, 0.2) is 0 Å². The minimum Gasteiger partial charge on any atom is -0.457 e. The molecule has 3 rings (SSSR count). The van der Waals surface area contributed by atoms with Crippen molar-refractivity contribution in [3.8, 4) is 0 Å². The number of fused-ring (bicyclic) bond motifs is 3. The molecule has 1 aliphatic carbocycles. The van der Waals surface area contributed by atoms with Crippen molar-refractivity contribution in [2.45, 2.75) is 38.7 Å². The summed E-state index contributed by atoms with van der Waals surface area (Å²) in [7, 11) is 0. The Morgan fingerprint density at radius 1 is 1.40 bits per heavy atom. The molecule has 2 aliphatic rings. The Morgan fingerprint density at radius 2 is 2.27 bits per heavy atom. The van der Waals surface area contributed by atoms with Gasteiger partial charge >= 0.3 is 5.97 Å². The van der Waals surface area contributed by atoms with Crippen LogP contribution < -0.4 is 0 Å². The van der Waals surface area contributed by atoms with Gasteiger partial charge in [-0.2, -0.15) is 0 Å². The van der Waals surface area contributed by atoms with E-state index in [9.17, 15) is 4.79 Å². The summed E-state index contributed by atoms with van der Waals surface area (Å²) in [5.74, 6) is 0.550. The largest absolute Gasteiger partial charge is 0.457 e. The summed E-state index contributed by atoms with van der Waals surface area (Å²) >= 11 is 0. The van der Waals surface area contributed by atoms with Crippen LogP contribution in [0.4, 0.5) is 0 Å². The summed E-state index contributed by atoms with van der Waals surface area (Å²) in [5.41, 5.74) is 4.80. The van der Waals surface area contributed by atoms with Gasteiger partial charge in [-0.15, -0.1) is 0 Å². The molecule has 0 saturated carbocycles. The third kappa shape index (κ3) is 1.14. The third-order valence-corrected chi connectivity index (χ3v) is 3.71. The number of cyclic esters (lactones) is 1. The molecule has 0 bridgehead atoms. The summed E-state index contributed by atoms with van der Waals surface area (Å²) in [4.78, 5) is 11.4. The third-order valence-electron chi connectivity index (χ3n) is 3.71. The second-order valence-electron chi connectivity index (χ2n) is 4.38. The van der Waals surface area contributed by atoms with E-state index in [4.69, 9.17) is 4.74 Å². The van der Waals surface area contributed by atoms with Crippen LogP contribution in [0.25, 0.3) is 0 Å². The Balaban J connectivity index is 2.15. The van der Waals surface area contributed by atoms with Crippen molar-refractivity contribution in [2.75, 3.05) is 0 Å². The van der Waals surface area contributed by atoms with Crippen LogP contribution in [-0.2, 0) is 17.8 Å². The van der Waals surface area contributed by atoms with Crippen LogP contribution in [0.1, 0.15) is 52.7 Å². The molecular weight excluding hydrogens is 188 g/mol. The predicted octanol–water partition coefficient (Wildman–Crippen LogP) is 2.80. The summed E-state index contributed by atoms with van der Waals surface area (Å²) < 4.78 is 5.08. The maximum Gasteiger partial charge on any atom is 0.338 e. The van der Waals surface area contributed by atoms with Gasteiger partial charge in [-0.3, -0.25) is 0 Å². The van der Waals surface area contributed by atoms with Gasteiger partial charge in [0.25, 0.3) is 0 Å². The molecule has 0 amide bonds. The fourth-order valence-corrected chi connectivity index (χ4v) is 2.86. The molecule has 0 radical (unpaired) electrons. The number of benzene rings is 1. The Labute approximate surface area is 89.2 Å². The minimum absolute atomic E-state index is 0.146. The number of ether oxygens (including phenoxy) is 1. The molecule has 0 N–H and O–H groups in total. The number of rotatable bonds is 1. The normalized spacial score (nSPS) is 22.5. The van der Waals surface area contributed by atoms with E-state index in [1.54, 1.807) is 0 Å². The van der Waals surface area contributed by atoms with Crippen molar-refractivity contribution in [1.29, 1.82) is 0 Å². The van der Waals surface area contributed by atoms with E-state index in [-0.39, 0.29) is 5.97 Å². The molecule has 0 fully saturated rings. The van der Waals surface area contributed by atoms with Crippen LogP contribution >= 0.6 is 0 Å². The van der Waals surface area contributed by atoms with Gasteiger partial charge < -0.3 is 4.74 Å². The van der Waals surface area contributed by atoms with E-state index in [0.29, 0.717) is 12.5 Å². The Morgan fingerprint density at radius 3 is 3.07 bits per heavy atom. The Kier molecular flexibility index (Phi) is 1.84. The van der Waals surface area contributed by atoms with E-state index in [2.05, 4.69) is 13.0 Å². The van der Waals surface area contributed by atoms with Gasteiger partial charge in [0.1, 0.15) is 6.61 Å². The summed E-state index contributed by atoms with van der Waals surface area (Å²) in [6, 6.07) is 4.07. The van der Waals surface area contributed by atoms with Crippen molar-refractivity contribution in [2.24, 2.45) is 0 Å². The van der Waals surface area contributed by atoms with Gasteiger partial charge in [0.2, 0.25) is 0 Å². The number of carbonyl (C=O) groups is 1. The number of hydrogen-bond acceptors (Lipinski definition) is 2. The first kappa shape index (κ1) is 8.96. The standard InChI is InChI=1S/C13H14O2/c1-2-8-3-4-10-9(8)5-6-11-12(10)7-15-13(11)14/h5-6,8H,2-4,7H2,1H3. The Hall–Kier alpha value is -1.31. The molecule has 15 heavy (non-hydrogen) atoms. The van der Waals surface area contributed by atoms with Crippen molar-refractivity contribution in [3.05, 3.63) is 34.4 Å². The molecule has 2 nitrogen and oxygen atoms in total. The lowest BCUT2D eigenvalue weighted by Gasteiger charge is -2.09. The summed E-state index contributed by atoms with van der Waals surface area (Å²) in [5, 5.41) is 0. The first-order chi connectivity index (χ1) is 7.31. The average Bonchev–Trinajstić information content (AvgIpc) is 2.81. The average molecular weight is 202 g/mol. The summed E-state index contributed by atoms with van der Waals surface area (Å²) in [6.45, 7) is 2.72. The van der Waals surface area contributed by atoms with Crippen molar-refractivity contribution in [3.63, 3.8) is 0 Å². The first-order valence-electron chi connectivity index (χ1n) is 5.63. The van der Waals surface area contributed by atoms with E-state index < -0.39 is 0 Å². The molecule has 0 spiro atoms. The maximum absolute atomic E-state index is 11.4. The van der Waals surface area contributed by atoms with E-state index in [1.165, 1.54) is 24.0 Å². The van der Waals surface area contributed by atoms with Crippen LogP contribution in [0.5, 0.6) is 0 Å². The minimum atomic E-state index is -0.146. The lowest BCUT2D eigenvalue weighted by Crippen LogP contribution is -1.97. The first-order valence-corrected chi connectivity index (χ1v) is 5.63. The molecule has 1 aromatic rings. The highest BCUT2D eigenvalue weighted by atomic mass is 16.5. The summed E-state index contributed by atoms with van der Waals surface area (Å²) in [6.07, 6.45) is 3.55. The highest BCUT2D eigenvalue weighted by Gasteiger charge is 2.30. The molecule has 1 unspecified atom stereocenters. The maximum atomic E-state index is 11.4. The number of esters is 1. The highest BCUT2D eigenvalue weighted by Crippen LogP contribution is 2.39. The van der Waals surface area contributed by atoms with Gasteiger partial charge in [0, 0.05) is 5.56 Å². The second kappa shape index (κ2) is 3.09. The zero-order valence-corrected chi connectivity index (χ0v) is 8.88. The zero-order chi connectivity index (χ0) is 10.4. The van der Waals surface area contributed by atoms with Gasteiger partial charge in [0.05, 0.1) is 5.56 Å².